The lowest BCUT2D eigenvalue weighted by molar-refractivity contribution is 0.0290. The fourth-order valence-corrected chi connectivity index (χ4v) is 2.23. The molecule has 5 heteroatoms. The van der Waals surface area contributed by atoms with Gasteiger partial charge in [-0.2, -0.15) is 0 Å². The first-order valence-corrected chi connectivity index (χ1v) is 7.19. The number of nitrogens with one attached hydrogen (secondary N) is 1. The third kappa shape index (κ3) is 4.48. The van der Waals surface area contributed by atoms with E-state index in [9.17, 15) is 9.59 Å². The van der Waals surface area contributed by atoms with E-state index in [1.165, 1.54) is 0 Å². The van der Waals surface area contributed by atoms with E-state index < -0.39 is 5.60 Å². The zero-order valence-corrected chi connectivity index (χ0v) is 12.8. The summed E-state index contributed by atoms with van der Waals surface area (Å²) < 4.78 is 5.33. The third-order valence-corrected chi connectivity index (χ3v) is 3.21. The Labute approximate surface area is 125 Å². The average Bonchev–Trinajstić information content (AvgIpc) is 2.86. The second-order valence-corrected chi connectivity index (χ2v) is 6.25. The Morgan fingerprint density at radius 2 is 1.90 bits per heavy atom. The Balaban J connectivity index is 1.86. The number of likely N-dealkylation sites (tertiary alicyclic amines) is 1. The van der Waals surface area contributed by atoms with Crippen LogP contribution in [0.3, 0.4) is 0 Å². The van der Waals surface area contributed by atoms with E-state index in [4.69, 9.17) is 4.74 Å². The molecule has 0 spiro atoms. The van der Waals surface area contributed by atoms with Crippen molar-refractivity contribution in [3.05, 3.63) is 35.9 Å². The zero-order chi connectivity index (χ0) is 15.5. The minimum absolute atomic E-state index is 0.0229. The maximum Gasteiger partial charge on any atom is 0.410 e. The summed E-state index contributed by atoms with van der Waals surface area (Å²) in [6, 6.07) is 9.06. The number of carbonyl (C=O) groups excluding carboxylic acids is 2. The van der Waals surface area contributed by atoms with Crippen LogP contribution in [-0.4, -0.2) is 41.6 Å². The van der Waals surface area contributed by atoms with Gasteiger partial charge in [-0.25, -0.2) is 4.79 Å². The Kier molecular flexibility index (Phi) is 4.50. The van der Waals surface area contributed by atoms with Crippen LogP contribution >= 0.6 is 0 Å². The lowest BCUT2D eigenvalue weighted by Crippen LogP contribution is -2.40. The van der Waals surface area contributed by atoms with Gasteiger partial charge in [-0.3, -0.25) is 4.79 Å². The Morgan fingerprint density at radius 1 is 1.24 bits per heavy atom. The Bertz CT molecular complexity index is 508. The van der Waals surface area contributed by atoms with E-state index >= 15 is 0 Å². The number of nitrogens with zero attached hydrogens (tertiary/aromatic N) is 1. The standard InChI is InChI=1S/C16H22N2O3/c1-16(2,3)21-15(20)18-10-9-13(11-18)17-14(19)12-7-5-4-6-8-12/h4-8,13H,9-11H2,1-3H3,(H,17,19). The zero-order valence-electron chi connectivity index (χ0n) is 12.8. The maximum atomic E-state index is 12.1. The summed E-state index contributed by atoms with van der Waals surface area (Å²) in [5, 5.41) is 2.95. The first-order chi connectivity index (χ1) is 9.85. The van der Waals surface area contributed by atoms with E-state index in [2.05, 4.69) is 5.32 Å². The summed E-state index contributed by atoms with van der Waals surface area (Å²) in [7, 11) is 0. The second kappa shape index (κ2) is 6.16. The molecule has 1 aromatic rings. The lowest BCUT2D eigenvalue weighted by atomic mass is 10.2. The first-order valence-electron chi connectivity index (χ1n) is 7.19. The van der Waals surface area contributed by atoms with Crippen LogP contribution in [0.5, 0.6) is 0 Å². The molecule has 1 unspecified atom stereocenters. The van der Waals surface area contributed by atoms with Gasteiger partial charge >= 0.3 is 6.09 Å². The summed E-state index contributed by atoms with van der Waals surface area (Å²) in [4.78, 5) is 25.7. The van der Waals surface area contributed by atoms with Crippen LogP contribution in [0.1, 0.15) is 37.6 Å². The minimum atomic E-state index is -0.498. The maximum absolute atomic E-state index is 12.1. The van der Waals surface area contributed by atoms with Crippen molar-refractivity contribution >= 4 is 12.0 Å². The molecule has 1 aliphatic rings. The molecule has 1 atom stereocenters. The van der Waals surface area contributed by atoms with Gasteiger partial charge in [-0.05, 0) is 39.3 Å². The average molecular weight is 290 g/mol. The van der Waals surface area contributed by atoms with Crippen LogP contribution in [0.25, 0.3) is 0 Å². The van der Waals surface area contributed by atoms with Crippen LogP contribution in [0.15, 0.2) is 30.3 Å². The topological polar surface area (TPSA) is 58.6 Å². The molecule has 1 saturated heterocycles. The second-order valence-electron chi connectivity index (χ2n) is 6.25. The van der Waals surface area contributed by atoms with Crippen molar-refractivity contribution in [3.8, 4) is 0 Å². The van der Waals surface area contributed by atoms with Crippen LogP contribution in [-0.2, 0) is 4.74 Å². The highest BCUT2D eigenvalue weighted by Crippen LogP contribution is 2.15. The van der Waals surface area contributed by atoms with Gasteiger partial charge in [-0.1, -0.05) is 18.2 Å². The van der Waals surface area contributed by atoms with E-state index in [1.807, 2.05) is 39.0 Å². The molecule has 2 amide bonds. The Morgan fingerprint density at radius 3 is 2.52 bits per heavy atom. The third-order valence-electron chi connectivity index (χ3n) is 3.21. The predicted molar refractivity (Wildman–Crippen MR) is 80.1 cm³/mol. The number of amides is 2. The van der Waals surface area contributed by atoms with Crippen LogP contribution in [0.2, 0.25) is 0 Å². The van der Waals surface area contributed by atoms with Crippen LogP contribution in [0, 0.1) is 0 Å². The number of hydrogen-bond donors (Lipinski definition) is 1. The van der Waals surface area contributed by atoms with Crippen molar-refractivity contribution in [2.75, 3.05) is 13.1 Å². The summed E-state index contributed by atoms with van der Waals surface area (Å²) in [6.45, 7) is 6.63. The normalized spacial score (nSPS) is 18.4. The van der Waals surface area contributed by atoms with Gasteiger partial charge in [0.1, 0.15) is 5.60 Å². The van der Waals surface area contributed by atoms with E-state index in [-0.39, 0.29) is 18.0 Å². The van der Waals surface area contributed by atoms with Crippen molar-refractivity contribution in [1.29, 1.82) is 0 Å². The number of benzene rings is 1. The molecule has 0 bridgehead atoms. The number of hydrogen-bond acceptors (Lipinski definition) is 3. The molecular formula is C16H22N2O3. The molecule has 5 nitrogen and oxygen atoms in total. The summed E-state index contributed by atoms with van der Waals surface area (Å²) in [5.41, 5.74) is 0.135. The first kappa shape index (κ1) is 15.4. The van der Waals surface area contributed by atoms with Crippen LogP contribution < -0.4 is 5.32 Å². The number of rotatable bonds is 2. The SMILES string of the molecule is CC(C)(C)OC(=O)N1CCC(NC(=O)c2ccccc2)C1. The molecule has 1 heterocycles. The monoisotopic (exact) mass is 290 g/mol. The number of ether oxygens (including phenoxy) is 1. The Hall–Kier alpha value is -2.04. The van der Waals surface area contributed by atoms with Gasteiger partial charge in [-0.15, -0.1) is 0 Å². The fourth-order valence-electron chi connectivity index (χ4n) is 2.23. The molecule has 0 aromatic heterocycles. The smallest absolute Gasteiger partial charge is 0.410 e. The highest BCUT2D eigenvalue weighted by molar-refractivity contribution is 5.94. The van der Waals surface area contributed by atoms with E-state index in [1.54, 1.807) is 17.0 Å². The minimum Gasteiger partial charge on any atom is -0.444 e. The largest absolute Gasteiger partial charge is 0.444 e. The van der Waals surface area contributed by atoms with Crippen molar-refractivity contribution in [2.24, 2.45) is 0 Å². The van der Waals surface area contributed by atoms with Crippen molar-refractivity contribution in [2.45, 2.75) is 38.8 Å². The lowest BCUT2D eigenvalue weighted by Gasteiger charge is -2.24. The van der Waals surface area contributed by atoms with Gasteiger partial charge in [0, 0.05) is 24.7 Å². The number of carbonyl (C=O) groups is 2. The van der Waals surface area contributed by atoms with Crippen LogP contribution in [0.4, 0.5) is 4.79 Å². The molecule has 0 radical (unpaired) electrons. The van der Waals surface area contributed by atoms with Gasteiger partial charge in [0.15, 0.2) is 0 Å². The highest BCUT2D eigenvalue weighted by Gasteiger charge is 2.30. The molecule has 114 valence electrons. The van der Waals surface area contributed by atoms with Gasteiger partial charge < -0.3 is 15.0 Å². The fraction of sp³-hybridized carbons (Fsp3) is 0.500. The quantitative estimate of drug-likeness (QED) is 0.910. The van der Waals surface area contributed by atoms with Gasteiger partial charge in [0.25, 0.3) is 5.91 Å². The van der Waals surface area contributed by atoms with Gasteiger partial charge in [0.05, 0.1) is 0 Å². The van der Waals surface area contributed by atoms with Crippen molar-refractivity contribution in [1.82, 2.24) is 10.2 Å². The molecule has 1 aromatic carbocycles. The van der Waals surface area contributed by atoms with E-state index in [0.29, 0.717) is 18.7 Å². The van der Waals surface area contributed by atoms with E-state index in [0.717, 1.165) is 6.42 Å². The molecule has 2 rings (SSSR count). The van der Waals surface area contributed by atoms with Crippen molar-refractivity contribution in [3.63, 3.8) is 0 Å². The van der Waals surface area contributed by atoms with Gasteiger partial charge in [0.2, 0.25) is 0 Å². The van der Waals surface area contributed by atoms with Crippen molar-refractivity contribution < 1.29 is 14.3 Å². The summed E-state index contributed by atoms with van der Waals surface area (Å²) in [6.07, 6.45) is 0.427. The summed E-state index contributed by atoms with van der Waals surface area (Å²) in [5.74, 6) is -0.105. The molecule has 0 aliphatic carbocycles. The predicted octanol–water partition coefficient (Wildman–Crippen LogP) is 2.43. The highest BCUT2D eigenvalue weighted by atomic mass is 16.6. The molecule has 1 N–H and O–H groups in total. The molecule has 21 heavy (non-hydrogen) atoms. The molecule has 0 saturated carbocycles. The molecular weight excluding hydrogens is 268 g/mol. The summed E-state index contributed by atoms with van der Waals surface area (Å²) >= 11 is 0. The molecule has 1 aliphatic heterocycles. The molecule has 1 fully saturated rings.